The topological polar surface area (TPSA) is 44.8 Å². The first-order valence-electron chi connectivity index (χ1n) is 17.9. The van der Waals surface area contributed by atoms with Crippen LogP contribution in [0, 0.1) is 5.21 Å². The van der Waals surface area contributed by atoms with Gasteiger partial charge in [0.2, 0.25) is 0 Å². The van der Waals surface area contributed by atoms with E-state index in [-0.39, 0.29) is 11.5 Å². The number of hydrogen-bond acceptors (Lipinski definition) is 4. The van der Waals surface area contributed by atoms with Gasteiger partial charge in [-0.1, -0.05) is 92.2 Å². The highest BCUT2D eigenvalue weighted by Crippen LogP contribution is 2.53. The number of allylic oxidation sites excluding steroid dienone is 7. The molecule has 4 aromatic rings. The summed E-state index contributed by atoms with van der Waals surface area (Å²) in [5.41, 5.74) is 7.43. The number of benzene rings is 4. The van der Waals surface area contributed by atoms with Gasteiger partial charge in [0.25, 0.3) is 0 Å². The molecule has 4 aromatic carbocycles. The van der Waals surface area contributed by atoms with Crippen LogP contribution in [0.1, 0.15) is 58.1 Å². The molecule has 0 fully saturated rings. The highest BCUT2D eigenvalue weighted by atomic mass is 35.5. The van der Waals surface area contributed by atoms with E-state index in [1.807, 2.05) is 6.07 Å². The number of ether oxygens (including phenoxy) is 2. The Hall–Kier alpha value is -3.71. The zero-order chi connectivity index (χ0) is 35.3. The summed E-state index contributed by atoms with van der Waals surface area (Å²) in [7, 11) is 3.43. The van der Waals surface area contributed by atoms with Crippen LogP contribution in [-0.2, 0) is 20.3 Å². The summed E-state index contributed by atoms with van der Waals surface area (Å²) in [5.74, 6) is 0. The average Bonchev–Trinajstić information content (AvgIpc) is 3.44. The number of hydroxylamine groups is 2. The largest absolute Gasteiger partial charge is 0.627 e. The fourth-order valence-corrected chi connectivity index (χ4v) is 9.31. The second-order valence-electron chi connectivity index (χ2n) is 15.1. The number of hydrogen-bond donors (Lipinski definition) is 0. The van der Waals surface area contributed by atoms with E-state index in [1.165, 1.54) is 27.7 Å². The third kappa shape index (κ3) is 5.64. The highest BCUT2D eigenvalue weighted by molar-refractivity contribution is 6.32. The van der Waals surface area contributed by atoms with Crippen molar-refractivity contribution in [2.45, 2.75) is 63.8 Å². The molecule has 0 bridgehead atoms. The van der Waals surface area contributed by atoms with Crippen molar-refractivity contribution in [1.82, 2.24) is 4.65 Å². The molecule has 0 spiro atoms. The third-order valence-electron chi connectivity index (χ3n) is 11.4. The van der Waals surface area contributed by atoms with Crippen LogP contribution in [0.4, 0.5) is 11.4 Å². The summed E-state index contributed by atoms with van der Waals surface area (Å²) < 4.78 is 10.6. The number of quaternary nitrogens is 1. The Balaban J connectivity index is 1.26. The van der Waals surface area contributed by atoms with E-state index in [0.29, 0.717) is 19.8 Å². The molecule has 0 saturated heterocycles. The fraction of sp³-hybridized carbons (Fsp3) is 0.364. The Morgan fingerprint density at radius 2 is 1.50 bits per heavy atom. The molecule has 2 atom stereocenters. The van der Waals surface area contributed by atoms with Crippen molar-refractivity contribution in [1.29, 1.82) is 0 Å². The van der Waals surface area contributed by atoms with E-state index in [4.69, 9.17) is 21.1 Å². The quantitative estimate of drug-likeness (QED) is 0.130. The number of rotatable bonds is 9. The number of anilines is 1. The third-order valence-corrected chi connectivity index (χ3v) is 11.9. The molecule has 0 aromatic heterocycles. The second kappa shape index (κ2) is 13.4. The van der Waals surface area contributed by atoms with Gasteiger partial charge in [0, 0.05) is 54.2 Å². The van der Waals surface area contributed by atoms with E-state index in [2.05, 4.69) is 124 Å². The minimum Gasteiger partial charge on any atom is -0.627 e. The van der Waals surface area contributed by atoms with Gasteiger partial charge >= 0.3 is 0 Å². The summed E-state index contributed by atoms with van der Waals surface area (Å²) in [4.78, 5) is 2.42. The number of halogens is 1. The van der Waals surface area contributed by atoms with Gasteiger partial charge in [-0.05, 0) is 95.6 Å². The molecule has 2 unspecified atom stereocenters. The van der Waals surface area contributed by atoms with E-state index < -0.39 is 10.1 Å². The van der Waals surface area contributed by atoms with E-state index in [0.717, 1.165) is 64.0 Å². The van der Waals surface area contributed by atoms with Crippen molar-refractivity contribution in [3.8, 4) is 0 Å². The standard InChI is InChI=1S/C44H49ClN2O3/c1-43(2)38(46(26-28-49-5)36-22-18-30-12-7-9-16-34(30)40(36)43)24-20-32-14-11-15-33(42(32)45)21-25-39-44(3,4)41-35-17-10-8-13-31(35)19-23-37(41)47(39,48)27-29-50-6/h7-10,12-13,16-25,39H,11,14-15,26-29H2,1-6H3/b25-21-,32-20+,38-24+. The minimum absolute atomic E-state index is 0.209. The van der Waals surface area contributed by atoms with Crippen molar-refractivity contribution in [3.05, 3.63) is 135 Å². The monoisotopic (exact) mass is 688 g/mol. The van der Waals surface area contributed by atoms with Crippen LogP contribution in [0.5, 0.6) is 0 Å². The predicted molar refractivity (Wildman–Crippen MR) is 211 cm³/mol. The van der Waals surface area contributed by atoms with Gasteiger partial charge in [-0.15, -0.1) is 0 Å². The molecule has 260 valence electrons. The van der Waals surface area contributed by atoms with Gasteiger partial charge in [0.1, 0.15) is 18.3 Å². The van der Waals surface area contributed by atoms with E-state index in [9.17, 15) is 0 Å². The first-order valence-corrected chi connectivity index (χ1v) is 18.3. The van der Waals surface area contributed by atoms with Gasteiger partial charge < -0.3 is 24.2 Å². The van der Waals surface area contributed by atoms with E-state index in [1.54, 1.807) is 14.2 Å². The first-order chi connectivity index (χ1) is 24.0. The van der Waals surface area contributed by atoms with Crippen LogP contribution in [-0.4, -0.2) is 46.6 Å². The number of nitrogens with zero attached hydrogens (tertiary/aromatic N) is 2. The Morgan fingerprint density at radius 1 is 0.840 bits per heavy atom. The molecule has 7 rings (SSSR count). The summed E-state index contributed by atoms with van der Waals surface area (Å²) in [6.07, 6.45) is 11.6. The molecule has 0 radical (unpaired) electrons. The lowest BCUT2D eigenvalue weighted by Gasteiger charge is -2.45. The Morgan fingerprint density at radius 3 is 2.20 bits per heavy atom. The molecule has 1 aliphatic carbocycles. The normalized spacial score (nSPS) is 24.3. The van der Waals surface area contributed by atoms with Gasteiger partial charge in [-0.2, -0.15) is 0 Å². The molecule has 5 nitrogen and oxygen atoms in total. The maximum atomic E-state index is 15.0. The zero-order valence-electron chi connectivity index (χ0n) is 30.3. The summed E-state index contributed by atoms with van der Waals surface area (Å²) in [6.45, 7) is 11.2. The van der Waals surface area contributed by atoms with E-state index >= 15 is 5.21 Å². The Labute approximate surface area is 302 Å². The smallest absolute Gasteiger partial charge is 0.138 e. The first kappa shape index (κ1) is 34.7. The molecular formula is C44H49ClN2O3. The van der Waals surface area contributed by atoms with Crippen LogP contribution in [0.25, 0.3) is 21.5 Å². The molecule has 0 saturated carbocycles. The highest BCUT2D eigenvalue weighted by Gasteiger charge is 2.52. The Kier molecular flexibility index (Phi) is 9.34. The number of fused-ring (bicyclic) bond motifs is 6. The van der Waals surface area contributed by atoms with Crippen LogP contribution < -0.4 is 9.55 Å². The SMILES string of the molecule is COCCN1/C(=C/C=C2\CCCC(/C=C\C3C(C)(C)c4c(ccc5ccccc45)[N+]3([O-])CCOC)=C2Cl)C(C)(C)c2c1ccc1ccccc21. The maximum Gasteiger partial charge on any atom is 0.138 e. The molecular weight excluding hydrogens is 640 g/mol. The molecule has 6 heteroatoms. The number of methoxy groups -OCH3 is 2. The van der Waals surface area contributed by atoms with Crippen LogP contribution in [0.15, 0.2) is 119 Å². The molecule has 2 heterocycles. The van der Waals surface area contributed by atoms with Gasteiger partial charge in [0.15, 0.2) is 0 Å². The average molecular weight is 689 g/mol. The lowest BCUT2D eigenvalue weighted by atomic mass is 9.78. The summed E-state index contributed by atoms with van der Waals surface area (Å²) in [6, 6.07) is 25.4. The molecule has 2 aliphatic heterocycles. The Bertz CT molecular complexity index is 2070. The summed E-state index contributed by atoms with van der Waals surface area (Å²) in [5, 5.41) is 20.7. The van der Waals surface area contributed by atoms with Crippen molar-refractivity contribution >= 4 is 44.5 Å². The predicted octanol–water partition coefficient (Wildman–Crippen LogP) is 10.6. The zero-order valence-corrected chi connectivity index (χ0v) is 31.0. The molecule has 0 amide bonds. The van der Waals surface area contributed by atoms with Gasteiger partial charge in [-0.25, -0.2) is 0 Å². The van der Waals surface area contributed by atoms with Crippen molar-refractivity contribution in [2.24, 2.45) is 0 Å². The van der Waals surface area contributed by atoms with Crippen molar-refractivity contribution in [2.75, 3.05) is 45.4 Å². The molecule has 3 aliphatic rings. The molecule has 50 heavy (non-hydrogen) atoms. The lowest BCUT2D eigenvalue weighted by molar-refractivity contribution is 0.155. The van der Waals surface area contributed by atoms with Crippen molar-refractivity contribution < 1.29 is 9.47 Å². The van der Waals surface area contributed by atoms with Crippen LogP contribution in [0.3, 0.4) is 0 Å². The molecule has 0 N–H and O–H groups in total. The van der Waals surface area contributed by atoms with Crippen molar-refractivity contribution in [3.63, 3.8) is 0 Å². The van der Waals surface area contributed by atoms with Crippen LogP contribution >= 0.6 is 11.6 Å². The second-order valence-corrected chi connectivity index (χ2v) is 15.5. The minimum atomic E-state index is -0.446. The van der Waals surface area contributed by atoms with Crippen LogP contribution in [0.2, 0.25) is 0 Å². The van der Waals surface area contributed by atoms with Gasteiger partial charge in [0.05, 0.1) is 18.6 Å². The fourth-order valence-electron chi connectivity index (χ4n) is 8.99. The lowest BCUT2D eigenvalue weighted by Crippen LogP contribution is -2.54. The maximum absolute atomic E-state index is 15.0. The van der Waals surface area contributed by atoms with Gasteiger partial charge in [-0.3, -0.25) is 0 Å². The summed E-state index contributed by atoms with van der Waals surface area (Å²) >= 11 is 7.26.